The summed E-state index contributed by atoms with van der Waals surface area (Å²) < 4.78 is 0. The maximum absolute atomic E-state index is 2.49. The maximum Gasteiger partial charge on any atom is -0.0363 e. The van der Waals surface area contributed by atoms with Crippen molar-refractivity contribution in [3.63, 3.8) is 0 Å². The minimum absolute atomic E-state index is 0.812. The van der Waals surface area contributed by atoms with Crippen LogP contribution in [0.3, 0.4) is 0 Å². The van der Waals surface area contributed by atoms with Crippen LogP contribution in [0.5, 0.6) is 0 Å². The molecule has 104 valence electrons. The first kappa shape index (κ1) is 17.0. The van der Waals surface area contributed by atoms with Crippen molar-refractivity contribution < 1.29 is 0 Å². The molecule has 0 aliphatic rings. The first-order valence-corrected chi connectivity index (χ1v) is 7.86. The fourth-order valence-corrected chi connectivity index (χ4v) is 3.44. The van der Waals surface area contributed by atoms with E-state index in [-0.39, 0.29) is 0 Å². The van der Waals surface area contributed by atoms with E-state index in [2.05, 4.69) is 55.4 Å². The highest BCUT2D eigenvalue weighted by Gasteiger charge is 2.29. The van der Waals surface area contributed by atoms with Gasteiger partial charge in [-0.25, -0.2) is 0 Å². The van der Waals surface area contributed by atoms with Crippen LogP contribution < -0.4 is 0 Å². The van der Waals surface area contributed by atoms with Crippen molar-refractivity contribution in [2.75, 3.05) is 0 Å². The average Bonchev–Trinajstić information content (AvgIpc) is 2.28. The first-order valence-electron chi connectivity index (χ1n) is 7.86. The van der Waals surface area contributed by atoms with Crippen molar-refractivity contribution in [2.45, 2.75) is 74.7 Å². The lowest BCUT2D eigenvalue weighted by molar-refractivity contribution is 0.126. The van der Waals surface area contributed by atoms with Crippen molar-refractivity contribution in [2.24, 2.45) is 35.5 Å². The summed E-state index contributed by atoms with van der Waals surface area (Å²) in [5.41, 5.74) is 0. The summed E-state index contributed by atoms with van der Waals surface area (Å²) in [5.74, 6) is 5.16. The van der Waals surface area contributed by atoms with Gasteiger partial charge >= 0.3 is 0 Å². The molecule has 0 aliphatic carbocycles. The van der Waals surface area contributed by atoms with Gasteiger partial charge in [0.1, 0.15) is 0 Å². The molecule has 0 bridgehead atoms. The summed E-state index contributed by atoms with van der Waals surface area (Å²) in [6, 6.07) is 0. The minimum atomic E-state index is 0.812. The van der Waals surface area contributed by atoms with Crippen LogP contribution in [0.4, 0.5) is 0 Å². The zero-order valence-electron chi connectivity index (χ0n) is 13.6. The summed E-state index contributed by atoms with van der Waals surface area (Å²) in [6.45, 7) is 19.3. The Morgan fingerprint density at radius 2 is 1.24 bits per heavy atom. The van der Waals surface area contributed by atoms with E-state index in [1.54, 1.807) is 0 Å². The Kier molecular flexibility index (Phi) is 8.16. The highest BCUT2D eigenvalue weighted by Crippen LogP contribution is 2.37. The first-order chi connectivity index (χ1) is 7.86. The third-order valence-corrected chi connectivity index (χ3v) is 5.33. The van der Waals surface area contributed by atoms with E-state index in [1.807, 2.05) is 0 Å². The van der Waals surface area contributed by atoms with Crippen molar-refractivity contribution in [3.8, 4) is 0 Å². The number of rotatable bonds is 8. The lowest BCUT2D eigenvalue weighted by Gasteiger charge is -2.37. The summed E-state index contributed by atoms with van der Waals surface area (Å²) in [6.07, 6.45) is 4.07. The smallest absolute Gasteiger partial charge is 0.0363 e. The Morgan fingerprint density at radius 3 is 1.59 bits per heavy atom. The molecule has 0 spiro atoms. The highest BCUT2D eigenvalue weighted by molar-refractivity contribution is 4.78. The van der Waals surface area contributed by atoms with Crippen molar-refractivity contribution in [3.05, 3.63) is 0 Å². The molecule has 0 nitrogen and oxygen atoms in total. The molecule has 5 atom stereocenters. The lowest BCUT2D eigenvalue weighted by Crippen LogP contribution is -2.29. The SMILES string of the molecule is CCCC(C)C(CC)C(C)C(C)C(C)C(C)C. The molecular formula is C17H36. The van der Waals surface area contributed by atoms with Gasteiger partial charge in [0.25, 0.3) is 0 Å². The topological polar surface area (TPSA) is 0 Å². The van der Waals surface area contributed by atoms with Crippen molar-refractivity contribution in [1.29, 1.82) is 0 Å². The van der Waals surface area contributed by atoms with E-state index in [0.29, 0.717) is 0 Å². The van der Waals surface area contributed by atoms with Gasteiger partial charge in [-0.3, -0.25) is 0 Å². The Labute approximate surface area is 111 Å². The molecular weight excluding hydrogens is 204 g/mol. The van der Waals surface area contributed by atoms with E-state index in [9.17, 15) is 0 Å². The van der Waals surface area contributed by atoms with E-state index in [1.165, 1.54) is 19.3 Å². The van der Waals surface area contributed by atoms with Gasteiger partial charge in [0.2, 0.25) is 0 Å². The largest absolute Gasteiger partial charge is 0.0654 e. The Bertz CT molecular complexity index is 182. The Hall–Kier alpha value is 0. The van der Waals surface area contributed by atoms with E-state index in [0.717, 1.165) is 35.5 Å². The molecule has 0 aromatic rings. The predicted octanol–water partition coefficient (Wildman–Crippen LogP) is 6.01. The van der Waals surface area contributed by atoms with Gasteiger partial charge < -0.3 is 0 Å². The van der Waals surface area contributed by atoms with Crippen LogP contribution in [0.1, 0.15) is 74.7 Å². The second-order valence-electron chi connectivity index (χ2n) is 6.66. The molecule has 0 saturated carbocycles. The van der Waals surface area contributed by atoms with Crippen LogP contribution >= 0.6 is 0 Å². The molecule has 17 heavy (non-hydrogen) atoms. The van der Waals surface area contributed by atoms with Crippen LogP contribution in [0, 0.1) is 35.5 Å². The lowest BCUT2D eigenvalue weighted by atomic mass is 9.69. The van der Waals surface area contributed by atoms with Gasteiger partial charge in [0, 0.05) is 0 Å². The van der Waals surface area contributed by atoms with Gasteiger partial charge in [-0.15, -0.1) is 0 Å². The van der Waals surface area contributed by atoms with Gasteiger partial charge in [-0.05, 0) is 35.5 Å². The molecule has 5 unspecified atom stereocenters. The van der Waals surface area contributed by atoms with E-state index < -0.39 is 0 Å². The standard InChI is InChI=1S/C17H36/c1-9-11-13(5)17(10-2)16(8)15(7)14(6)12(3)4/h12-17H,9-11H2,1-8H3. The van der Waals surface area contributed by atoms with Gasteiger partial charge in [-0.1, -0.05) is 74.7 Å². The normalized spacial score (nSPS) is 21.0. The average molecular weight is 240 g/mol. The molecule has 0 radical (unpaired) electrons. The molecule has 0 aromatic heterocycles. The number of hydrogen-bond acceptors (Lipinski definition) is 0. The van der Waals surface area contributed by atoms with E-state index >= 15 is 0 Å². The summed E-state index contributed by atoms with van der Waals surface area (Å²) in [5, 5.41) is 0. The quantitative estimate of drug-likeness (QED) is 0.487. The van der Waals surface area contributed by atoms with Crippen molar-refractivity contribution >= 4 is 0 Å². The molecule has 0 fully saturated rings. The summed E-state index contributed by atoms with van der Waals surface area (Å²) >= 11 is 0. The fourth-order valence-electron chi connectivity index (χ4n) is 3.44. The maximum atomic E-state index is 2.49. The second-order valence-corrected chi connectivity index (χ2v) is 6.66. The Balaban J connectivity index is 4.56. The van der Waals surface area contributed by atoms with Crippen LogP contribution in [0.25, 0.3) is 0 Å². The van der Waals surface area contributed by atoms with Crippen LogP contribution in [-0.2, 0) is 0 Å². The van der Waals surface area contributed by atoms with Crippen LogP contribution in [0.15, 0.2) is 0 Å². The summed E-state index contributed by atoms with van der Waals surface area (Å²) in [4.78, 5) is 0. The van der Waals surface area contributed by atoms with Crippen LogP contribution in [0.2, 0.25) is 0 Å². The third kappa shape index (κ3) is 5.02. The Morgan fingerprint density at radius 1 is 0.706 bits per heavy atom. The van der Waals surface area contributed by atoms with Gasteiger partial charge in [-0.2, -0.15) is 0 Å². The molecule has 0 N–H and O–H groups in total. The highest BCUT2D eigenvalue weighted by atomic mass is 14.3. The fraction of sp³-hybridized carbons (Fsp3) is 1.00. The summed E-state index contributed by atoms with van der Waals surface area (Å²) in [7, 11) is 0. The molecule has 0 rings (SSSR count). The predicted molar refractivity (Wildman–Crippen MR) is 80.2 cm³/mol. The number of hydrogen-bond donors (Lipinski definition) is 0. The minimum Gasteiger partial charge on any atom is -0.0654 e. The molecule has 0 aromatic carbocycles. The van der Waals surface area contributed by atoms with Gasteiger partial charge in [0.05, 0.1) is 0 Å². The van der Waals surface area contributed by atoms with Crippen molar-refractivity contribution in [1.82, 2.24) is 0 Å². The zero-order valence-corrected chi connectivity index (χ0v) is 13.6. The third-order valence-electron chi connectivity index (χ3n) is 5.33. The van der Waals surface area contributed by atoms with Gasteiger partial charge in [0.15, 0.2) is 0 Å². The van der Waals surface area contributed by atoms with Crippen LogP contribution in [-0.4, -0.2) is 0 Å². The molecule has 0 heterocycles. The monoisotopic (exact) mass is 240 g/mol. The second kappa shape index (κ2) is 8.16. The zero-order chi connectivity index (χ0) is 13.6. The van der Waals surface area contributed by atoms with E-state index in [4.69, 9.17) is 0 Å². The molecule has 0 amide bonds. The molecule has 0 heteroatoms. The molecule has 0 aliphatic heterocycles. The molecule has 0 saturated heterocycles.